The van der Waals surface area contributed by atoms with Crippen molar-refractivity contribution in [3.63, 3.8) is 0 Å². The van der Waals surface area contributed by atoms with E-state index in [0.29, 0.717) is 0 Å². The molecule has 0 saturated heterocycles. The Labute approximate surface area is 80.1 Å². The van der Waals surface area contributed by atoms with Gasteiger partial charge >= 0.3 is 11.9 Å². The molecule has 0 aliphatic carbocycles. The fourth-order valence-electron chi connectivity index (χ4n) is 0.728. The molecule has 80 valence electrons. The molecular weight excluding hydrogens is 215 g/mol. The fraction of sp³-hybridized carbons (Fsp3) is 0.500. The van der Waals surface area contributed by atoms with E-state index in [9.17, 15) is 14.5 Å². The molecule has 14 heavy (non-hydrogen) atoms. The van der Waals surface area contributed by atoms with Crippen LogP contribution in [0.4, 0.5) is 0 Å². The molecule has 0 aromatic carbocycles. The van der Waals surface area contributed by atoms with Crippen molar-refractivity contribution in [1.82, 2.24) is 0 Å². The van der Waals surface area contributed by atoms with Gasteiger partial charge in [0.1, 0.15) is 0 Å². The first kappa shape index (κ1) is 13.0. The minimum Gasteiger partial charge on any atom is -0.603 e. The normalized spacial score (nSPS) is 14.5. The Hall–Kier alpha value is -1.01. The molecule has 0 rings (SSSR count). The van der Waals surface area contributed by atoms with Crippen LogP contribution in [0.3, 0.4) is 0 Å². The average molecular weight is 224 g/mol. The number of ether oxygens (including phenoxy) is 1. The largest absolute Gasteiger partial charge is 0.603 e. The molecule has 2 unspecified atom stereocenters. The van der Waals surface area contributed by atoms with E-state index in [1.165, 1.54) is 6.92 Å². The number of carboxylic acid groups (broad SMARTS) is 2. The monoisotopic (exact) mass is 224 g/mol. The number of rotatable bonds is 5. The Morgan fingerprint density at radius 1 is 1.50 bits per heavy atom. The van der Waals surface area contributed by atoms with Crippen molar-refractivity contribution in [1.29, 1.82) is 0 Å². The van der Waals surface area contributed by atoms with Crippen LogP contribution in [0.15, 0.2) is 0 Å². The number of aliphatic carboxylic acids is 2. The van der Waals surface area contributed by atoms with Crippen LogP contribution >= 0.6 is 8.00 Å². The molecular formula is C6H9O7P. The van der Waals surface area contributed by atoms with Crippen molar-refractivity contribution < 1.29 is 34.3 Å². The van der Waals surface area contributed by atoms with E-state index >= 15 is 0 Å². The van der Waals surface area contributed by atoms with Crippen LogP contribution in [-0.4, -0.2) is 45.0 Å². The summed E-state index contributed by atoms with van der Waals surface area (Å²) in [7, 11) is -3.23. The molecule has 3 N–H and O–H groups in total. The third-order valence-electron chi connectivity index (χ3n) is 1.23. The molecule has 7 nitrogen and oxygen atoms in total. The molecule has 0 aliphatic heterocycles. The molecule has 0 amide bonds. The molecule has 0 saturated carbocycles. The van der Waals surface area contributed by atoms with Gasteiger partial charge in [-0.05, 0) is 6.92 Å². The Morgan fingerprint density at radius 3 is 2.21 bits per heavy atom. The summed E-state index contributed by atoms with van der Waals surface area (Å²) in [6.07, 6.45) is -1.88. The number of carbonyl (C=O) groups is 2. The van der Waals surface area contributed by atoms with Crippen molar-refractivity contribution >= 4 is 25.2 Å². The zero-order valence-corrected chi connectivity index (χ0v) is 8.10. The molecule has 0 spiro atoms. The third kappa shape index (κ3) is 3.39. The zero-order valence-electron chi connectivity index (χ0n) is 7.21. The predicted octanol–water partition coefficient (Wildman–Crippen LogP) is -1.60. The minimum absolute atomic E-state index is 0.0725. The van der Waals surface area contributed by atoms with Gasteiger partial charge in [-0.1, -0.05) is 0 Å². The highest BCUT2D eigenvalue weighted by atomic mass is 31.1. The van der Waals surface area contributed by atoms with E-state index < -0.39 is 31.3 Å². The van der Waals surface area contributed by atoms with Crippen LogP contribution in [0.1, 0.15) is 6.92 Å². The molecule has 0 aromatic rings. The summed E-state index contributed by atoms with van der Waals surface area (Å²) in [6, 6.07) is 0. The average Bonchev–Trinajstić information content (AvgIpc) is 2.01. The summed E-state index contributed by atoms with van der Waals surface area (Å²) >= 11 is 0. The predicted molar refractivity (Wildman–Crippen MR) is 44.8 cm³/mol. The lowest BCUT2D eigenvalue weighted by molar-refractivity contribution is -0.168. The summed E-state index contributed by atoms with van der Waals surface area (Å²) < 4.78 is 4.53. The lowest BCUT2D eigenvalue weighted by Gasteiger charge is -2.09. The minimum atomic E-state index is -3.23. The summed E-state index contributed by atoms with van der Waals surface area (Å²) in [4.78, 5) is 40.1. The van der Waals surface area contributed by atoms with Gasteiger partial charge in [0.15, 0.2) is 0 Å². The maximum Gasteiger partial charge on any atom is 0.380 e. The van der Waals surface area contributed by atoms with Gasteiger partial charge in [-0.15, -0.1) is 0 Å². The molecule has 0 heterocycles. The molecule has 0 bridgehead atoms. The van der Waals surface area contributed by atoms with Gasteiger partial charge in [-0.25, -0.2) is 9.59 Å². The first-order chi connectivity index (χ1) is 6.41. The van der Waals surface area contributed by atoms with Gasteiger partial charge in [0, 0.05) is 6.61 Å². The van der Waals surface area contributed by atoms with Gasteiger partial charge < -0.3 is 19.8 Å². The molecule has 0 fully saturated rings. The van der Waals surface area contributed by atoms with E-state index in [4.69, 9.17) is 15.1 Å². The lowest BCUT2D eigenvalue weighted by atomic mass is 10.2. The van der Waals surface area contributed by atoms with Crippen LogP contribution in [0, 0.1) is 0 Å². The van der Waals surface area contributed by atoms with Gasteiger partial charge in [0.2, 0.25) is 14.1 Å². The van der Waals surface area contributed by atoms with E-state index in [-0.39, 0.29) is 6.61 Å². The van der Waals surface area contributed by atoms with Crippen molar-refractivity contribution in [3.05, 3.63) is 0 Å². The molecule has 0 aromatic heterocycles. The Morgan fingerprint density at radius 2 is 2.00 bits per heavy atom. The summed E-state index contributed by atoms with van der Waals surface area (Å²) in [6.45, 7) is 1.37. The number of hydrogen-bond acceptors (Lipinski definition) is 5. The summed E-state index contributed by atoms with van der Waals surface area (Å²) in [5.74, 6) is -3.36. The van der Waals surface area contributed by atoms with E-state index in [0.717, 1.165) is 0 Å². The van der Waals surface area contributed by atoms with Crippen molar-refractivity contribution in [2.75, 3.05) is 6.61 Å². The van der Waals surface area contributed by atoms with Crippen molar-refractivity contribution in [2.24, 2.45) is 0 Å². The second-order valence-electron chi connectivity index (χ2n) is 2.14. The smallest absolute Gasteiger partial charge is 0.380 e. The van der Waals surface area contributed by atoms with E-state index in [1.807, 2.05) is 0 Å². The molecule has 0 aliphatic rings. The van der Waals surface area contributed by atoms with Crippen molar-refractivity contribution in [2.45, 2.75) is 13.0 Å². The van der Waals surface area contributed by atoms with Gasteiger partial charge in [0.25, 0.3) is 5.29 Å². The number of hydrogen-bond donors (Lipinski definition) is 3. The molecule has 8 heteroatoms. The van der Waals surface area contributed by atoms with E-state index in [2.05, 4.69) is 4.74 Å². The zero-order chi connectivity index (χ0) is 11.3. The maximum atomic E-state index is 10.5. The van der Waals surface area contributed by atoms with Crippen LogP contribution in [0.5, 0.6) is 0 Å². The van der Waals surface area contributed by atoms with Crippen LogP contribution in [0.2, 0.25) is 0 Å². The Balaban J connectivity index is 5.05. The highest BCUT2D eigenvalue weighted by Crippen LogP contribution is 2.12. The Kier molecular flexibility index (Phi) is 5.26. The van der Waals surface area contributed by atoms with Crippen molar-refractivity contribution in [3.8, 4) is 0 Å². The third-order valence-corrected chi connectivity index (χ3v) is 2.07. The highest BCUT2D eigenvalue weighted by molar-refractivity contribution is 7.48. The fourth-order valence-corrected chi connectivity index (χ4v) is 1.28. The highest BCUT2D eigenvalue weighted by Gasteiger charge is 2.36. The first-order valence-corrected chi connectivity index (χ1v) is 4.73. The van der Waals surface area contributed by atoms with Gasteiger partial charge in [-0.2, -0.15) is 4.89 Å². The second kappa shape index (κ2) is 5.66. The Bertz CT molecular complexity index is 267. The molecule has 0 radical (unpaired) electrons. The SMILES string of the molecule is CCOC(C(=O)O)/C(C(=O)O)=[P+](\[O-])O. The summed E-state index contributed by atoms with van der Waals surface area (Å²) in [5, 5.41) is 15.9. The van der Waals surface area contributed by atoms with Gasteiger partial charge in [-0.3, -0.25) is 0 Å². The van der Waals surface area contributed by atoms with Gasteiger partial charge in [0.05, 0.1) is 0 Å². The number of carboxylic acids is 2. The maximum absolute atomic E-state index is 10.5. The van der Waals surface area contributed by atoms with Crippen LogP contribution in [0.25, 0.3) is 0 Å². The van der Waals surface area contributed by atoms with E-state index in [1.54, 1.807) is 0 Å². The topological polar surface area (TPSA) is 127 Å². The lowest BCUT2D eigenvalue weighted by Crippen LogP contribution is -2.38. The molecule has 2 atom stereocenters. The first-order valence-electron chi connectivity index (χ1n) is 3.52. The van der Waals surface area contributed by atoms with Crippen LogP contribution in [-0.2, 0) is 14.3 Å². The standard InChI is InChI=1S/C6H9O7P/c1-2-13-3(5(7)8)4(6(9)10)14(11)12/h3H,2H2,1H3,(H,7,8)(H,9,10)(H,11,12). The summed E-state index contributed by atoms with van der Waals surface area (Å²) in [5.41, 5.74) is 0. The quantitative estimate of drug-likeness (QED) is 0.479. The second-order valence-corrected chi connectivity index (χ2v) is 3.16. The van der Waals surface area contributed by atoms with Crippen LogP contribution < -0.4 is 4.89 Å².